The van der Waals surface area contributed by atoms with Crippen molar-refractivity contribution in [3.8, 4) is 22.6 Å². The Balaban J connectivity index is 0.982. The van der Waals surface area contributed by atoms with Gasteiger partial charge in [-0.2, -0.15) is 0 Å². The average Bonchev–Trinajstić information content (AvgIpc) is 3.95. The second-order valence-corrected chi connectivity index (χ2v) is 17.1. The lowest BCUT2D eigenvalue weighted by Crippen LogP contribution is -2.52. The van der Waals surface area contributed by atoms with Crippen LogP contribution >= 0.6 is 0 Å². The van der Waals surface area contributed by atoms with Gasteiger partial charge in [0.25, 0.3) is 0 Å². The van der Waals surface area contributed by atoms with Gasteiger partial charge in [0, 0.05) is 44.2 Å². The van der Waals surface area contributed by atoms with Gasteiger partial charge in [0.15, 0.2) is 5.58 Å². The molecule has 0 atom stereocenters. The SMILES string of the molecule is c1ccc(B(c2cc3c4cccc5c4c(cc3c3ccccc23)-c2ccc(N(c3ccccc3)c3cccc4c3oc3ccccc34)cc2O5)c2cccc3c2oc2ccccc23)cc1. The fourth-order valence-electron chi connectivity index (χ4n) is 10.7. The zero-order chi connectivity index (χ0) is 42.6. The van der Waals surface area contributed by atoms with Gasteiger partial charge >= 0.3 is 0 Å². The first-order chi connectivity index (χ1) is 32.2. The number of hydrogen-bond acceptors (Lipinski definition) is 4. The fourth-order valence-corrected chi connectivity index (χ4v) is 10.7. The van der Waals surface area contributed by atoms with Crippen LogP contribution in [0.2, 0.25) is 0 Å². The van der Waals surface area contributed by atoms with E-state index in [0.29, 0.717) is 0 Å². The number of rotatable bonds is 6. The van der Waals surface area contributed by atoms with Crippen LogP contribution in [0, 0.1) is 0 Å². The molecule has 4 nitrogen and oxygen atoms in total. The van der Waals surface area contributed by atoms with Crippen LogP contribution in [0.5, 0.6) is 11.5 Å². The van der Waals surface area contributed by atoms with E-state index < -0.39 is 0 Å². The van der Waals surface area contributed by atoms with Gasteiger partial charge in [-0.05, 0) is 92.6 Å². The minimum atomic E-state index is -0.103. The first kappa shape index (κ1) is 36.0. The highest BCUT2D eigenvalue weighted by molar-refractivity contribution is 6.98. The molecule has 0 saturated carbocycles. The number of benzene rings is 11. The third-order valence-electron chi connectivity index (χ3n) is 13.6. The summed E-state index contributed by atoms with van der Waals surface area (Å²) in [5, 5.41) is 11.5. The molecule has 13 aromatic rings. The van der Waals surface area contributed by atoms with E-state index in [2.05, 4.69) is 205 Å². The van der Waals surface area contributed by atoms with Gasteiger partial charge in [0.2, 0.25) is 6.71 Å². The predicted molar refractivity (Wildman–Crippen MR) is 271 cm³/mol. The molecule has 14 rings (SSSR count). The summed E-state index contributed by atoms with van der Waals surface area (Å²) < 4.78 is 20.4. The summed E-state index contributed by atoms with van der Waals surface area (Å²) in [6, 6.07) is 77.8. The molecule has 0 fully saturated rings. The van der Waals surface area contributed by atoms with Crippen molar-refractivity contribution in [2.24, 2.45) is 0 Å². The molecule has 0 N–H and O–H groups in total. The molecule has 3 heterocycles. The predicted octanol–water partition coefficient (Wildman–Crippen LogP) is 14.7. The largest absolute Gasteiger partial charge is 0.457 e. The average molecular weight is 830 g/mol. The van der Waals surface area contributed by atoms with E-state index in [9.17, 15) is 0 Å². The number of furan rings is 2. The highest BCUT2D eigenvalue weighted by Gasteiger charge is 2.30. The molecular weight excluding hydrogens is 793 g/mol. The minimum Gasteiger partial charge on any atom is -0.457 e. The summed E-state index contributed by atoms with van der Waals surface area (Å²) >= 11 is 0. The van der Waals surface area contributed by atoms with Crippen molar-refractivity contribution in [2.75, 3.05) is 4.90 Å². The van der Waals surface area contributed by atoms with Gasteiger partial charge in [-0.15, -0.1) is 0 Å². The van der Waals surface area contributed by atoms with Crippen molar-refractivity contribution in [3.63, 3.8) is 0 Å². The minimum absolute atomic E-state index is 0.103. The maximum atomic E-state index is 7.01. The molecule has 1 aliphatic rings. The van der Waals surface area contributed by atoms with Gasteiger partial charge in [0.1, 0.15) is 28.2 Å². The second kappa shape index (κ2) is 14.0. The highest BCUT2D eigenvalue weighted by Crippen LogP contribution is 2.52. The highest BCUT2D eigenvalue weighted by atomic mass is 16.5. The van der Waals surface area contributed by atoms with Crippen LogP contribution in [0.1, 0.15) is 0 Å². The van der Waals surface area contributed by atoms with Gasteiger partial charge in [-0.25, -0.2) is 0 Å². The van der Waals surface area contributed by atoms with Crippen LogP contribution < -0.4 is 26.0 Å². The summed E-state index contributed by atoms with van der Waals surface area (Å²) in [6.45, 7) is -0.103. The molecule has 0 unspecified atom stereocenters. The molecule has 0 spiro atoms. The zero-order valence-electron chi connectivity index (χ0n) is 35.0. The number of para-hydroxylation sites is 5. The van der Waals surface area contributed by atoms with E-state index in [0.717, 1.165) is 99.8 Å². The molecule has 0 saturated heterocycles. The van der Waals surface area contributed by atoms with Crippen molar-refractivity contribution in [2.45, 2.75) is 0 Å². The quantitative estimate of drug-likeness (QED) is 0.124. The lowest BCUT2D eigenvalue weighted by molar-refractivity contribution is 0.487. The van der Waals surface area contributed by atoms with Crippen LogP contribution in [0.25, 0.3) is 87.3 Å². The number of ether oxygens (including phenoxy) is 1. The summed E-state index contributed by atoms with van der Waals surface area (Å²) in [6.07, 6.45) is 0. The van der Waals surface area contributed by atoms with Gasteiger partial charge in [-0.1, -0.05) is 169 Å². The van der Waals surface area contributed by atoms with E-state index in [1.165, 1.54) is 32.5 Å². The van der Waals surface area contributed by atoms with Crippen LogP contribution in [0.3, 0.4) is 0 Å². The summed E-state index contributed by atoms with van der Waals surface area (Å²) in [5.41, 5.74) is 12.3. The van der Waals surface area contributed by atoms with Crippen LogP contribution in [-0.4, -0.2) is 6.71 Å². The van der Waals surface area contributed by atoms with Gasteiger partial charge < -0.3 is 18.5 Å². The third kappa shape index (κ3) is 5.39. The van der Waals surface area contributed by atoms with Crippen molar-refractivity contribution < 1.29 is 13.6 Å². The summed E-state index contributed by atoms with van der Waals surface area (Å²) in [4.78, 5) is 2.27. The number of anilines is 3. The zero-order valence-corrected chi connectivity index (χ0v) is 35.0. The second-order valence-electron chi connectivity index (χ2n) is 17.1. The Morgan fingerprint density at radius 1 is 0.338 bits per heavy atom. The van der Waals surface area contributed by atoms with E-state index in [1.54, 1.807) is 0 Å². The lowest BCUT2D eigenvalue weighted by Gasteiger charge is -2.28. The Hall–Kier alpha value is -8.54. The Kier molecular flexibility index (Phi) is 7.75. The van der Waals surface area contributed by atoms with E-state index in [1.807, 2.05) is 18.2 Å². The van der Waals surface area contributed by atoms with Gasteiger partial charge in [0.05, 0.1) is 11.4 Å². The Bertz CT molecular complexity index is 4060. The molecule has 11 aromatic carbocycles. The number of nitrogens with zero attached hydrogens (tertiary/aromatic N) is 1. The molecular formula is C60H36BNO3. The maximum absolute atomic E-state index is 7.01. The topological polar surface area (TPSA) is 38.8 Å². The number of hydrogen-bond donors (Lipinski definition) is 0. The molecule has 0 aliphatic carbocycles. The molecule has 1 aliphatic heterocycles. The molecule has 302 valence electrons. The van der Waals surface area contributed by atoms with Gasteiger partial charge in [-0.3, -0.25) is 0 Å². The smallest absolute Gasteiger partial charge is 0.246 e. The summed E-state index contributed by atoms with van der Waals surface area (Å²) in [5.74, 6) is 1.65. The normalized spacial score (nSPS) is 12.1. The first-order valence-electron chi connectivity index (χ1n) is 22.2. The monoisotopic (exact) mass is 829 g/mol. The molecule has 65 heavy (non-hydrogen) atoms. The van der Waals surface area contributed by atoms with Crippen LogP contribution in [0.15, 0.2) is 227 Å². The van der Waals surface area contributed by atoms with Crippen molar-refractivity contribution in [1.29, 1.82) is 0 Å². The third-order valence-corrected chi connectivity index (χ3v) is 13.6. The molecule has 0 radical (unpaired) electrons. The van der Waals surface area contributed by atoms with Crippen molar-refractivity contribution >= 4 is 116 Å². The van der Waals surface area contributed by atoms with E-state index in [-0.39, 0.29) is 6.71 Å². The lowest BCUT2D eigenvalue weighted by atomic mass is 9.36. The fraction of sp³-hybridized carbons (Fsp3) is 0. The first-order valence-corrected chi connectivity index (χ1v) is 22.2. The molecule has 0 amide bonds. The Labute approximate surface area is 374 Å². The van der Waals surface area contributed by atoms with Crippen molar-refractivity contribution in [1.82, 2.24) is 0 Å². The molecule has 2 aromatic heterocycles. The standard InChI is InChI=1S/C60H36BNO3/c1-3-16-37(17-4-1)61(51-27-13-25-46-42-22-9-11-29-54(42)64-59(46)51)52-36-49-45-24-15-31-56-58(45)50(35-48(49)40-20-7-8-21-41(40)52)44-33-32-39(34-57(44)63-56)62(38-18-5-2-6-19-38)53-28-14-26-47-43-23-10-12-30-55(43)65-60(47)53/h1-36H. The summed E-state index contributed by atoms with van der Waals surface area (Å²) in [7, 11) is 0. The molecule has 0 bridgehead atoms. The Morgan fingerprint density at radius 2 is 0.938 bits per heavy atom. The maximum Gasteiger partial charge on any atom is 0.246 e. The van der Waals surface area contributed by atoms with E-state index in [4.69, 9.17) is 13.6 Å². The van der Waals surface area contributed by atoms with Crippen LogP contribution in [-0.2, 0) is 0 Å². The van der Waals surface area contributed by atoms with Crippen molar-refractivity contribution in [3.05, 3.63) is 218 Å². The number of fused-ring (bicyclic) bond motifs is 12. The molecule has 5 heteroatoms. The van der Waals surface area contributed by atoms with E-state index >= 15 is 0 Å². The Morgan fingerprint density at radius 3 is 1.72 bits per heavy atom. The van der Waals surface area contributed by atoms with Crippen LogP contribution in [0.4, 0.5) is 17.1 Å².